The lowest BCUT2D eigenvalue weighted by molar-refractivity contribution is 0.221. The molecule has 0 aliphatic rings. The molecule has 0 amide bonds. The second-order valence-corrected chi connectivity index (χ2v) is 0.566. The van der Waals surface area contributed by atoms with Gasteiger partial charge in [-0.1, -0.05) is 0 Å². The maximum Gasteiger partial charge on any atom is 0.0452 e. The van der Waals surface area contributed by atoms with Gasteiger partial charge in [-0.15, -0.1) is 0 Å². The van der Waals surface area contributed by atoms with E-state index in [0.29, 0.717) is 0 Å². The molecule has 0 rings (SSSR count). The molecule has 2 heteroatoms. The van der Waals surface area contributed by atoms with Gasteiger partial charge in [0.25, 0.3) is 0 Å². The highest BCUT2D eigenvalue weighted by Crippen LogP contribution is 1.65. The summed E-state index contributed by atoms with van der Waals surface area (Å²) in [7, 11) is 0. The Labute approximate surface area is 33.9 Å². The average Bonchev–Trinajstić information content (AvgIpc) is 1.68. The van der Waals surface area contributed by atoms with Gasteiger partial charge in [0.15, 0.2) is 0 Å². The molecule has 32 valence electrons. The summed E-state index contributed by atoms with van der Waals surface area (Å²) in [5, 5.41) is 16.1. The molecular weight excluding hydrogens is 68.0 g/mol. The zero-order valence-electron chi connectivity index (χ0n) is 4.81. The van der Waals surface area contributed by atoms with Crippen molar-refractivity contribution in [1.82, 2.24) is 0 Å². The van der Waals surface area contributed by atoms with Gasteiger partial charge < -0.3 is 10.2 Å². The van der Waals surface area contributed by atoms with Crippen LogP contribution in [0.1, 0.15) is 9.11 Å². The Morgan fingerprint density at radius 2 is 1.80 bits per heavy atom. The zero-order chi connectivity index (χ0) is 5.91. The molecule has 0 aromatic rings. The molecule has 0 heterocycles. The Balaban J connectivity index is 3.36. The van der Waals surface area contributed by atoms with Crippen LogP contribution in [0.4, 0.5) is 0 Å². The fourth-order valence-corrected chi connectivity index (χ4v) is 0.0500. The van der Waals surface area contributed by atoms with E-state index in [1.807, 2.05) is 0 Å². The third-order valence-electron chi connectivity index (χ3n) is 0.224. The van der Waals surface area contributed by atoms with Gasteiger partial charge in [-0.05, 0) is 6.37 Å². The van der Waals surface area contributed by atoms with Crippen LogP contribution in [0.25, 0.3) is 0 Å². The van der Waals surface area contributed by atoms with Gasteiger partial charge in [0.1, 0.15) is 0 Å². The van der Waals surface area contributed by atoms with Gasteiger partial charge in [0, 0.05) is 16.0 Å². The molecule has 0 atom stereocenters. The Morgan fingerprint density at radius 3 is 1.80 bits per heavy atom. The Kier molecular flexibility index (Phi) is 1.69. The van der Waals surface area contributed by atoms with Crippen LogP contribution < -0.4 is 0 Å². The first-order valence-electron chi connectivity index (χ1n) is 2.34. The number of hydrogen-bond acceptors (Lipinski definition) is 2. The van der Waals surface area contributed by atoms with Crippen molar-refractivity contribution in [2.45, 2.75) is 6.37 Å². The number of hydrogen-bond donors (Lipinski definition) is 2. The second-order valence-electron chi connectivity index (χ2n) is 0.566. The lowest BCUT2D eigenvalue weighted by atomic mass is 10.5. The van der Waals surface area contributed by atoms with Crippen LogP contribution in [0.15, 0.2) is 0 Å². The zero-order valence-corrected chi connectivity index (χ0v) is 2.81. The molecule has 0 saturated carbocycles. The lowest BCUT2D eigenvalue weighted by Gasteiger charge is -1.79. The molecule has 0 unspecified atom stereocenters. The highest BCUT2D eigenvalue weighted by Gasteiger charge is 1.70. The molecular formula is C3H8O2. The first-order chi connectivity index (χ1) is 3.12. The number of aliphatic hydroxyl groups is 2. The van der Waals surface area contributed by atoms with E-state index in [9.17, 15) is 0 Å². The normalized spacial score (nSPS) is 17.2. The van der Waals surface area contributed by atoms with Crippen LogP contribution in [-0.4, -0.2) is 23.4 Å². The van der Waals surface area contributed by atoms with E-state index in [-0.39, 0.29) is 0 Å². The van der Waals surface area contributed by atoms with Crippen LogP contribution in [0.5, 0.6) is 0 Å². The van der Waals surface area contributed by atoms with E-state index in [1.54, 1.807) is 0 Å². The number of aliphatic hydroxyl groups excluding tert-OH is 2. The van der Waals surface area contributed by atoms with Crippen molar-refractivity contribution in [2.75, 3.05) is 13.2 Å². The van der Waals surface area contributed by atoms with E-state index in [2.05, 4.69) is 0 Å². The molecule has 0 spiro atoms. The summed E-state index contributed by atoms with van der Waals surface area (Å²) in [6.07, 6.45) is -1.81. The van der Waals surface area contributed by atoms with E-state index in [0.717, 1.165) is 0 Å². The van der Waals surface area contributed by atoms with Crippen molar-refractivity contribution in [3.8, 4) is 0 Å². The maximum atomic E-state index is 8.06. The van der Waals surface area contributed by atoms with E-state index in [1.165, 1.54) is 0 Å². The van der Waals surface area contributed by atoms with Crippen LogP contribution in [0.2, 0.25) is 0 Å². The fourth-order valence-electron chi connectivity index (χ4n) is 0.0500. The molecule has 0 aliphatic carbocycles. The van der Waals surface area contributed by atoms with Gasteiger partial charge in [0.2, 0.25) is 0 Å². The van der Waals surface area contributed by atoms with E-state index < -0.39 is 19.6 Å². The standard InChI is InChI=1S/C3H8O2/c4-2-1-3-5/h4-5H,1-3H2/i1D2. The summed E-state index contributed by atoms with van der Waals surface area (Å²) in [6, 6.07) is 0. The van der Waals surface area contributed by atoms with Crippen molar-refractivity contribution in [3.63, 3.8) is 0 Å². The molecule has 0 bridgehead atoms. The smallest absolute Gasteiger partial charge is 0.0452 e. The molecule has 0 aromatic heterocycles. The third kappa shape index (κ3) is 3.92. The molecule has 0 fully saturated rings. The second kappa shape index (κ2) is 3.92. The summed E-state index contributed by atoms with van der Waals surface area (Å²) in [4.78, 5) is 0. The van der Waals surface area contributed by atoms with Gasteiger partial charge in [-0.3, -0.25) is 0 Å². The van der Waals surface area contributed by atoms with Crippen LogP contribution in [0, 0.1) is 0 Å². The van der Waals surface area contributed by atoms with Gasteiger partial charge in [0.05, 0.1) is 0 Å². The summed E-state index contributed by atoms with van der Waals surface area (Å²) in [5.74, 6) is 0. The first-order valence-corrected chi connectivity index (χ1v) is 1.34. The SMILES string of the molecule is [2H]C([2H])(CO)CO. The average molecular weight is 78.1 g/mol. The van der Waals surface area contributed by atoms with E-state index in [4.69, 9.17) is 13.0 Å². The van der Waals surface area contributed by atoms with Crippen LogP contribution in [-0.2, 0) is 0 Å². The van der Waals surface area contributed by atoms with Crippen molar-refractivity contribution < 1.29 is 13.0 Å². The summed E-state index contributed by atoms with van der Waals surface area (Å²) >= 11 is 0. The highest BCUT2D eigenvalue weighted by atomic mass is 16.3. The van der Waals surface area contributed by atoms with Crippen molar-refractivity contribution >= 4 is 0 Å². The predicted octanol–water partition coefficient (Wildman–Crippen LogP) is -0.639. The monoisotopic (exact) mass is 78.1 g/mol. The Hall–Kier alpha value is -0.0800. The van der Waals surface area contributed by atoms with Crippen LogP contribution >= 0.6 is 0 Å². The summed E-state index contributed by atoms with van der Waals surface area (Å²) in [6.45, 7) is -1.24. The lowest BCUT2D eigenvalue weighted by Crippen LogP contribution is -1.85. The molecule has 5 heavy (non-hydrogen) atoms. The summed E-state index contributed by atoms with van der Waals surface area (Å²) in [5.41, 5.74) is 0. The molecule has 2 N–H and O–H groups in total. The fraction of sp³-hybridized carbons (Fsp3) is 1.00. The minimum absolute atomic E-state index is 0.622. The summed E-state index contributed by atoms with van der Waals surface area (Å²) < 4.78 is 13.2. The Morgan fingerprint density at radius 1 is 1.40 bits per heavy atom. The van der Waals surface area contributed by atoms with Gasteiger partial charge >= 0.3 is 0 Å². The maximum absolute atomic E-state index is 8.06. The molecule has 0 radical (unpaired) electrons. The molecule has 2 nitrogen and oxygen atoms in total. The molecule has 0 saturated heterocycles. The van der Waals surface area contributed by atoms with E-state index >= 15 is 0 Å². The van der Waals surface area contributed by atoms with Crippen LogP contribution in [0.3, 0.4) is 0 Å². The topological polar surface area (TPSA) is 40.5 Å². The molecule has 0 aromatic carbocycles. The van der Waals surface area contributed by atoms with Gasteiger partial charge in [-0.25, -0.2) is 0 Å². The highest BCUT2D eigenvalue weighted by molar-refractivity contribution is 4.22. The van der Waals surface area contributed by atoms with Gasteiger partial charge in [-0.2, -0.15) is 0 Å². The molecule has 0 aliphatic heterocycles. The Bertz CT molecular complexity index is 48.9. The third-order valence-corrected chi connectivity index (χ3v) is 0.224. The largest absolute Gasteiger partial charge is 0.396 e. The van der Waals surface area contributed by atoms with Crippen molar-refractivity contribution in [2.24, 2.45) is 0 Å². The minimum Gasteiger partial charge on any atom is -0.396 e. The first kappa shape index (κ1) is 2.16. The van der Waals surface area contributed by atoms with Crippen molar-refractivity contribution in [1.29, 1.82) is 0 Å². The minimum atomic E-state index is -1.81. The quantitative estimate of drug-likeness (QED) is 0.461. The number of rotatable bonds is 2. The van der Waals surface area contributed by atoms with Crippen molar-refractivity contribution in [3.05, 3.63) is 0 Å². The predicted molar refractivity (Wildman–Crippen MR) is 18.8 cm³/mol.